The van der Waals surface area contributed by atoms with Crippen molar-refractivity contribution in [2.75, 3.05) is 0 Å². The minimum Gasteiger partial charge on any atom is -0.381 e. The molecular formula is C14H9Cl2F3O. The molecule has 0 aliphatic carbocycles. The zero-order valence-electron chi connectivity index (χ0n) is 10.2. The second kappa shape index (κ2) is 5.28. The number of halogens is 5. The molecule has 0 radical (unpaired) electrons. The summed E-state index contributed by atoms with van der Waals surface area (Å²) in [7, 11) is 0. The van der Waals surface area contributed by atoms with Gasteiger partial charge in [0, 0.05) is 16.1 Å². The standard InChI is InChI=1S/C14H9Cl2F3O/c1-14(20,9-4-7(17)2-3-12(9)18)8-5-13(19)11(16)6-10(8)15/h2-6,20H,1H3. The highest BCUT2D eigenvalue weighted by Crippen LogP contribution is 2.37. The van der Waals surface area contributed by atoms with Crippen LogP contribution in [0.25, 0.3) is 0 Å². The van der Waals surface area contributed by atoms with E-state index in [9.17, 15) is 18.3 Å². The van der Waals surface area contributed by atoms with E-state index in [2.05, 4.69) is 0 Å². The molecule has 0 aromatic heterocycles. The predicted octanol–water partition coefficient (Wildman–Crippen LogP) is 4.67. The van der Waals surface area contributed by atoms with E-state index >= 15 is 0 Å². The summed E-state index contributed by atoms with van der Waals surface area (Å²) in [4.78, 5) is 0. The molecule has 0 spiro atoms. The third-order valence-electron chi connectivity index (χ3n) is 2.99. The quantitative estimate of drug-likeness (QED) is 0.797. The van der Waals surface area contributed by atoms with Crippen molar-refractivity contribution in [2.24, 2.45) is 0 Å². The number of benzene rings is 2. The molecule has 20 heavy (non-hydrogen) atoms. The van der Waals surface area contributed by atoms with Crippen LogP contribution in [0.2, 0.25) is 10.0 Å². The van der Waals surface area contributed by atoms with Gasteiger partial charge in [-0.2, -0.15) is 0 Å². The lowest BCUT2D eigenvalue weighted by Crippen LogP contribution is -2.25. The molecule has 1 N–H and O–H groups in total. The van der Waals surface area contributed by atoms with Crippen molar-refractivity contribution in [1.82, 2.24) is 0 Å². The molecule has 1 atom stereocenters. The first-order chi connectivity index (χ1) is 9.23. The van der Waals surface area contributed by atoms with Crippen molar-refractivity contribution in [3.05, 3.63) is 69.0 Å². The van der Waals surface area contributed by atoms with Gasteiger partial charge in [0.15, 0.2) is 0 Å². The predicted molar refractivity (Wildman–Crippen MR) is 71.5 cm³/mol. The van der Waals surface area contributed by atoms with E-state index in [0.29, 0.717) is 0 Å². The zero-order chi connectivity index (χ0) is 15.1. The van der Waals surface area contributed by atoms with E-state index < -0.39 is 23.1 Å². The lowest BCUT2D eigenvalue weighted by Gasteiger charge is -2.26. The summed E-state index contributed by atoms with van der Waals surface area (Å²) in [6.45, 7) is 1.19. The van der Waals surface area contributed by atoms with Crippen LogP contribution in [0.15, 0.2) is 30.3 Å². The van der Waals surface area contributed by atoms with Crippen LogP contribution in [0.3, 0.4) is 0 Å². The monoisotopic (exact) mass is 320 g/mol. The molecule has 0 saturated carbocycles. The Morgan fingerprint density at radius 1 is 0.900 bits per heavy atom. The molecule has 2 rings (SSSR count). The fourth-order valence-corrected chi connectivity index (χ4v) is 2.48. The molecule has 0 saturated heterocycles. The molecule has 0 aliphatic rings. The second-order valence-corrected chi connectivity index (χ2v) is 5.26. The van der Waals surface area contributed by atoms with Gasteiger partial charge < -0.3 is 5.11 Å². The molecule has 0 amide bonds. The van der Waals surface area contributed by atoms with Crippen LogP contribution in [0, 0.1) is 17.5 Å². The fraction of sp³-hybridized carbons (Fsp3) is 0.143. The summed E-state index contributed by atoms with van der Waals surface area (Å²) in [5, 5.41) is 10.2. The van der Waals surface area contributed by atoms with Gasteiger partial charge >= 0.3 is 0 Å². The molecule has 6 heteroatoms. The highest BCUT2D eigenvalue weighted by Gasteiger charge is 2.32. The van der Waals surface area contributed by atoms with Gasteiger partial charge in [0.2, 0.25) is 0 Å². The largest absolute Gasteiger partial charge is 0.381 e. The van der Waals surface area contributed by atoms with Crippen LogP contribution in [0.1, 0.15) is 18.1 Å². The minimum absolute atomic E-state index is 0.0509. The maximum atomic E-state index is 13.8. The third kappa shape index (κ3) is 2.64. The van der Waals surface area contributed by atoms with E-state index in [1.165, 1.54) is 6.92 Å². The van der Waals surface area contributed by atoms with E-state index in [0.717, 1.165) is 30.3 Å². The molecule has 2 aromatic carbocycles. The van der Waals surface area contributed by atoms with Crippen LogP contribution >= 0.6 is 23.2 Å². The number of aliphatic hydroxyl groups is 1. The molecule has 0 bridgehead atoms. The smallest absolute Gasteiger partial charge is 0.142 e. The Balaban J connectivity index is 2.66. The molecule has 0 aliphatic heterocycles. The van der Waals surface area contributed by atoms with Crippen molar-refractivity contribution in [1.29, 1.82) is 0 Å². The van der Waals surface area contributed by atoms with E-state index in [1.54, 1.807) is 0 Å². The van der Waals surface area contributed by atoms with E-state index in [-0.39, 0.29) is 21.2 Å². The van der Waals surface area contributed by atoms with Gasteiger partial charge in [-0.05, 0) is 37.3 Å². The third-order valence-corrected chi connectivity index (χ3v) is 3.59. The Morgan fingerprint density at radius 2 is 1.55 bits per heavy atom. The van der Waals surface area contributed by atoms with Gasteiger partial charge in [-0.15, -0.1) is 0 Å². The van der Waals surface area contributed by atoms with Crippen LogP contribution in [0.5, 0.6) is 0 Å². The summed E-state index contributed by atoms with van der Waals surface area (Å²) < 4.78 is 40.5. The van der Waals surface area contributed by atoms with Crippen LogP contribution in [-0.4, -0.2) is 5.11 Å². The molecule has 1 unspecified atom stereocenters. The SMILES string of the molecule is CC(O)(c1cc(F)ccc1F)c1cc(F)c(Cl)cc1Cl. The normalized spacial score (nSPS) is 14.2. The average molecular weight is 321 g/mol. The maximum Gasteiger partial charge on any atom is 0.142 e. The topological polar surface area (TPSA) is 20.2 Å². The first kappa shape index (κ1) is 15.2. The van der Waals surface area contributed by atoms with Crippen molar-refractivity contribution in [2.45, 2.75) is 12.5 Å². The first-order valence-corrected chi connectivity index (χ1v) is 6.32. The first-order valence-electron chi connectivity index (χ1n) is 5.56. The summed E-state index contributed by atoms with van der Waals surface area (Å²) in [5.74, 6) is -2.38. The number of rotatable bonds is 2. The fourth-order valence-electron chi connectivity index (χ4n) is 1.91. The average Bonchev–Trinajstić information content (AvgIpc) is 2.36. The number of hydrogen-bond donors (Lipinski definition) is 1. The van der Waals surface area contributed by atoms with Crippen LogP contribution < -0.4 is 0 Å². The Hall–Kier alpha value is -1.23. The van der Waals surface area contributed by atoms with Gasteiger partial charge in [0.05, 0.1) is 5.02 Å². The Labute approximate surface area is 123 Å². The van der Waals surface area contributed by atoms with Crippen molar-refractivity contribution < 1.29 is 18.3 Å². The molecular weight excluding hydrogens is 312 g/mol. The summed E-state index contributed by atoms with van der Waals surface area (Å²) in [5.41, 5.74) is -2.46. The molecule has 0 heterocycles. The Kier molecular flexibility index (Phi) is 4.00. The van der Waals surface area contributed by atoms with Crippen molar-refractivity contribution in [3.63, 3.8) is 0 Å². The van der Waals surface area contributed by atoms with Gasteiger partial charge in [0.25, 0.3) is 0 Å². The lowest BCUT2D eigenvalue weighted by molar-refractivity contribution is 0.0972. The van der Waals surface area contributed by atoms with Gasteiger partial charge in [-0.1, -0.05) is 23.2 Å². The maximum absolute atomic E-state index is 13.8. The Bertz CT molecular complexity index is 672. The van der Waals surface area contributed by atoms with E-state index in [1.807, 2.05) is 0 Å². The molecule has 0 fully saturated rings. The van der Waals surface area contributed by atoms with Gasteiger partial charge in [-0.3, -0.25) is 0 Å². The highest BCUT2D eigenvalue weighted by molar-refractivity contribution is 6.35. The number of hydrogen-bond acceptors (Lipinski definition) is 1. The molecule has 1 nitrogen and oxygen atoms in total. The Morgan fingerprint density at radius 3 is 2.20 bits per heavy atom. The van der Waals surface area contributed by atoms with Crippen LogP contribution in [0.4, 0.5) is 13.2 Å². The lowest BCUT2D eigenvalue weighted by atomic mass is 9.87. The van der Waals surface area contributed by atoms with Gasteiger partial charge in [-0.25, -0.2) is 13.2 Å². The summed E-state index contributed by atoms with van der Waals surface area (Å²) in [6, 6.07) is 4.62. The van der Waals surface area contributed by atoms with Crippen LogP contribution in [-0.2, 0) is 5.60 Å². The summed E-state index contributed by atoms with van der Waals surface area (Å²) >= 11 is 11.5. The zero-order valence-corrected chi connectivity index (χ0v) is 11.7. The highest BCUT2D eigenvalue weighted by atomic mass is 35.5. The van der Waals surface area contributed by atoms with Crippen molar-refractivity contribution >= 4 is 23.2 Å². The molecule has 106 valence electrons. The van der Waals surface area contributed by atoms with Gasteiger partial charge in [0.1, 0.15) is 23.1 Å². The van der Waals surface area contributed by atoms with Crippen molar-refractivity contribution in [3.8, 4) is 0 Å². The second-order valence-electron chi connectivity index (χ2n) is 4.44. The van der Waals surface area contributed by atoms with E-state index in [4.69, 9.17) is 23.2 Å². The molecule has 2 aromatic rings. The summed E-state index contributed by atoms with van der Waals surface area (Å²) in [6.07, 6.45) is 0. The minimum atomic E-state index is -2.01.